The maximum absolute atomic E-state index is 3.83. The highest BCUT2D eigenvalue weighted by Crippen LogP contribution is 2.31. The van der Waals surface area contributed by atoms with Gasteiger partial charge in [-0.15, -0.1) is 0 Å². The van der Waals surface area contributed by atoms with Crippen molar-refractivity contribution in [1.82, 2.24) is 15.1 Å². The first-order valence-corrected chi connectivity index (χ1v) is 9.45. The summed E-state index contributed by atoms with van der Waals surface area (Å²) in [5, 5.41) is 3.83. The lowest BCUT2D eigenvalue weighted by Gasteiger charge is -2.37. The number of hydrogen-bond donors (Lipinski definition) is 1. The average Bonchev–Trinajstić information content (AvgIpc) is 2.74. The van der Waals surface area contributed by atoms with E-state index in [0.29, 0.717) is 0 Å². The number of likely N-dealkylation sites (N-methyl/N-ethyl adjacent to an activating group) is 1. The molecule has 122 valence electrons. The van der Waals surface area contributed by atoms with Gasteiger partial charge < -0.3 is 10.2 Å². The summed E-state index contributed by atoms with van der Waals surface area (Å²) < 4.78 is 0. The van der Waals surface area contributed by atoms with Crippen LogP contribution in [0.5, 0.6) is 0 Å². The minimum Gasteiger partial charge on any atom is -0.314 e. The Labute approximate surface area is 131 Å². The number of fused-ring (bicyclic) bond motifs is 2. The van der Waals surface area contributed by atoms with Crippen LogP contribution < -0.4 is 5.32 Å². The highest BCUT2D eigenvalue weighted by Gasteiger charge is 2.36. The fraction of sp³-hybridized carbons (Fsp3) is 1.00. The molecular formula is C18H35N3. The first-order valence-electron chi connectivity index (χ1n) is 9.45. The molecule has 4 atom stereocenters. The van der Waals surface area contributed by atoms with E-state index >= 15 is 0 Å². The van der Waals surface area contributed by atoms with E-state index in [1.54, 1.807) is 0 Å². The van der Waals surface area contributed by atoms with Crippen LogP contribution in [0.15, 0.2) is 0 Å². The number of likely N-dealkylation sites (tertiary alicyclic amines) is 1. The minimum atomic E-state index is 0.789. The normalized spacial score (nSPS) is 38.6. The lowest BCUT2D eigenvalue weighted by molar-refractivity contribution is 0.155. The molecule has 3 nitrogen and oxygen atoms in total. The van der Waals surface area contributed by atoms with Crippen LogP contribution >= 0.6 is 0 Å². The van der Waals surface area contributed by atoms with Crippen LogP contribution in [-0.4, -0.2) is 61.2 Å². The maximum Gasteiger partial charge on any atom is 0.0223 e. The Balaban J connectivity index is 1.54. The lowest BCUT2D eigenvalue weighted by Crippen LogP contribution is -2.46. The Morgan fingerprint density at radius 2 is 1.81 bits per heavy atom. The summed E-state index contributed by atoms with van der Waals surface area (Å²) in [6.07, 6.45) is 11.3. The molecule has 0 aromatic carbocycles. The molecule has 2 heterocycles. The summed E-state index contributed by atoms with van der Waals surface area (Å²) >= 11 is 0. The molecule has 1 N–H and O–H groups in total. The zero-order valence-corrected chi connectivity index (χ0v) is 14.2. The van der Waals surface area contributed by atoms with Gasteiger partial charge in [0, 0.05) is 31.2 Å². The molecule has 2 aliphatic heterocycles. The predicted octanol–water partition coefficient (Wildman–Crippen LogP) is 2.71. The van der Waals surface area contributed by atoms with Gasteiger partial charge in [-0.1, -0.05) is 19.8 Å². The van der Waals surface area contributed by atoms with Gasteiger partial charge in [0.15, 0.2) is 0 Å². The molecule has 0 aromatic rings. The van der Waals surface area contributed by atoms with Gasteiger partial charge >= 0.3 is 0 Å². The third kappa shape index (κ3) is 3.80. The van der Waals surface area contributed by atoms with Crippen LogP contribution in [0.25, 0.3) is 0 Å². The molecule has 4 unspecified atom stereocenters. The van der Waals surface area contributed by atoms with Crippen molar-refractivity contribution in [1.29, 1.82) is 0 Å². The van der Waals surface area contributed by atoms with Gasteiger partial charge in [-0.25, -0.2) is 0 Å². The summed E-state index contributed by atoms with van der Waals surface area (Å²) in [4.78, 5) is 5.48. The SMILES string of the molecule is CCCNC1CCCCC1CN1CCC2CCC(C1)N2C. The number of rotatable bonds is 5. The molecule has 3 aliphatic rings. The lowest BCUT2D eigenvalue weighted by atomic mass is 9.84. The van der Waals surface area contributed by atoms with Crippen LogP contribution in [0.4, 0.5) is 0 Å². The summed E-state index contributed by atoms with van der Waals surface area (Å²) in [7, 11) is 2.36. The largest absolute Gasteiger partial charge is 0.314 e. The monoisotopic (exact) mass is 293 g/mol. The Kier molecular flexibility index (Phi) is 5.58. The van der Waals surface area contributed by atoms with Gasteiger partial charge in [-0.3, -0.25) is 4.90 Å². The molecular weight excluding hydrogens is 258 g/mol. The average molecular weight is 293 g/mol. The molecule has 3 rings (SSSR count). The standard InChI is InChI=1S/C18H35N3/c1-3-11-19-18-7-5-4-6-15(18)13-21-12-10-16-8-9-17(14-21)20(16)2/h15-19H,3-14H2,1-2H3. The van der Waals surface area contributed by atoms with Crippen molar-refractivity contribution in [2.75, 3.05) is 33.2 Å². The molecule has 2 saturated heterocycles. The molecule has 0 radical (unpaired) electrons. The van der Waals surface area contributed by atoms with E-state index < -0.39 is 0 Å². The van der Waals surface area contributed by atoms with Crippen LogP contribution in [0.1, 0.15) is 58.3 Å². The van der Waals surface area contributed by atoms with Crippen molar-refractivity contribution in [3.05, 3.63) is 0 Å². The van der Waals surface area contributed by atoms with Gasteiger partial charge in [0.05, 0.1) is 0 Å². The second-order valence-corrected chi connectivity index (χ2v) is 7.70. The summed E-state index contributed by atoms with van der Waals surface area (Å²) in [5.41, 5.74) is 0. The Morgan fingerprint density at radius 3 is 2.67 bits per heavy atom. The van der Waals surface area contributed by atoms with Crippen molar-refractivity contribution >= 4 is 0 Å². The zero-order valence-electron chi connectivity index (χ0n) is 14.2. The second-order valence-electron chi connectivity index (χ2n) is 7.70. The minimum absolute atomic E-state index is 0.789. The summed E-state index contributed by atoms with van der Waals surface area (Å²) in [6.45, 7) is 7.49. The van der Waals surface area contributed by atoms with Crippen molar-refractivity contribution in [3.8, 4) is 0 Å². The highest BCUT2D eigenvalue weighted by atomic mass is 15.3. The van der Waals surface area contributed by atoms with Gasteiger partial charge in [-0.2, -0.15) is 0 Å². The van der Waals surface area contributed by atoms with Gasteiger partial charge in [0.25, 0.3) is 0 Å². The number of nitrogens with zero attached hydrogens (tertiary/aromatic N) is 2. The molecule has 0 aromatic heterocycles. The third-order valence-corrected chi connectivity index (χ3v) is 6.29. The molecule has 1 saturated carbocycles. The highest BCUT2D eigenvalue weighted by molar-refractivity contribution is 4.92. The van der Waals surface area contributed by atoms with Crippen LogP contribution in [0.3, 0.4) is 0 Å². The van der Waals surface area contributed by atoms with E-state index in [9.17, 15) is 0 Å². The fourth-order valence-electron chi connectivity index (χ4n) is 4.90. The van der Waals surface area contributed by atoms with Crippen molar-refractivity contribution in [2.24, 2.45) is 5.92 Å². The Hall–Kier alpha value is -0.120. The topological polar surface area (TPSA) is 18.5 Å². The molecule has 0 amide bonds. The smallest absolute Gasteiger partial charge is 0.0223 e. The molecule has 3 fully saturated rings. The van der Waals surface area contributed by atoms with Gasteiger partial charge in [0.1, 0.15) is 0 Å². The van der Waals surface area contributed by atoms with E-state index in [4.69, 9.17) is 0 Å². The Bertz CT molecular complexity index is 320. The second kappa shape index (κ2) is 7.43. The van der Waals surface area contributed by atoms with E-state index in [-0.39, 0.29) is 0 Å². The van der Waals surface area contributed by atoms with Crippen LogP contribution in [-0.2, 0) is 0 Å². The molecule has 1 aliphatic carbocycles. The van der Waals surface area contributed by atoms with Crippen molar-refractivity contribution in [3.63, 3.8) is 0 Å². The van der Waals surface area contributed by atoms with Crippen molar-refractivity contribution < 1.29 is 0 Å². The quantitative estimate of drug-likeness (QED) is 0.841. The van der Waals surface area contributed by atoms with Gasteiger partial charge in [-0.05, 0) is 64.6 Å². The van der Waals surface area contributed by atoms with Crippen LogP contribution in [0, 0.1) is 5.92 Å². The van der Waals surface area contributed by atoms with E-state index in [0.717, 1.165) is 24.0 Å². The van der Waals surface area contributed by atoms with E-state index in [1.807, 2.05) is 0 Å². The molecule has 21 heavy (non-hydrogen) atoms. The first kappa shape index (κ1) is 15.8. The zero-order chi connectivity index (χ0) is 14.7. The van der Waals surface area contributed by atoms with E-state index in [2.05, 4.69) is 29.1 Å². The van der Waals surface area contributed by atoms with Gasteiger partial charge in [0.2, 0.25) is 0 Å². The molecule has 2 bridgehead atoms. The third-order valence-electron chi connectivity index (χ3n) is 6.29. The number of hydrogen-bond acceptors (Lipinski definition) is 3. The van der Waals surface area contributed by atoms with Crippen LogP contribution in [0.2, 0.25) is 0 Å². The Morgan fingerprint density at radius 1 is 1.00 bits per heavy atom. The molecule has 0 spiro atoms. The summed E-state index contributed by atoms with van der Waals surface area (Å²) in [6, 6.07) is 2.50. The number of nitrogens with one attached hydrogen (secondary N) is 1. The predicted molar refractivity (Wildman–Crippen MR) is 89.7 cm³/mol. The summed E-state index contributed by atoms with van der Waals surface area (Å²) in [5.74, 6) is 0.896. The maximum atomic E-state index is 3.83. The molecule has 3 heteroatoms. The van der Waals surface area contributed by atoms with E-state index in [1.165, 1.54) is 77.5 Å². The fourth-order valence-corrected chi connectivity index (χ4v) is 4.90. The first-order chi connectivity index (χ1) is 10.3. The van der Waals surface area contributed by atoms with Crippen molar-refractivity contribution in [2.45, 2.75) is 76.4 Å².